The monoisotopic (exact) mass is 462 g/mol. The Morgan fingerprint density at radius 2 is 1.00 bits per heavy atom. The Kier molecular flexibility index (Phi) is 3.66. The number of benzene rings is 5. The van der Waals surface area contributed by atoms with Gasteiger partial charge in [0.15, 0.2) is 10.9 Å². The molecule has 0 radical (unpaired) electrons. The molecular formula is C32H18N2O2. The Balaban J connectivity index is 1.81. The normalized spacial score (nSPS) is 12.1. The van der Waals surface area contributed by atoms with Gasteiger partial charge in [-0.15, -0.1) is 0 Å². The summed E-state index contributed by atoms with van der Waals surface area (Å²) in [6.45, 7) is 0. The van der Waals surface area contributed by atoms with E-state index in [2.05, 4.69) is 33.2 Å². The Labute approximate surface area is 204 Å². The first-order valence-electron chi connectivity index (χ1n) is 12.0. The summed E-state index contributed by atoms with van der Waals surface area (Å²) in [5.74, 6) is 0. The van der Waals surface area contributed by atoms with Gasteiger partial charge in [0, 0.05) is 32.6 Å². The lowest BCUT2D eigenvalue weighted by atomic mass is 9.99. The number of hydrogen-bond donors (Lipinski definition) is 0. The van der Waals surface area contributed by atoms with E-state index < -0.39 is 0 Å². The van der Waals surface area contributed by atoms with Crippen LogP contribution in [0.15, 0.2) is 119 Å². The Morgan fingerprint density at radius 1 is 0.444 bits per heavy atom. The van der Waals surface area contributed by atoms with Crippen LogP contribution in [0, 0.1) is 0 Å². The van der Waals surface area contributed by atoms with Gasteiger partial charge >= 0.3 is 0 Å². The first kappa shape index (κ1) is 19.4. The Morgan fingerprint density at radius 3 is 1.69 bits per heavy atom. The maximum absolute atomic E-state index is 14.2. The second kappa shape index (κ2) is 6.80. The number of hydrogen-bond acceptors (Lipinski definition) is 2. The summed E-state index contributed by atoms with van der Waals surface area (Å²) in [5, 5.41) is 4.30. The van der Waals surface area contributed by atoms with Crippen molar-refractivity contribution >= 4 is 59.9 Å². The number of rotatable bonds is 1. The molecule has 0 bridgehead atoms. The van der Waals surface area contributed by atoms with E-state index in [0.717, 1.165) is 38.5 Å². The largest absolute Gasteiger partial charge is 0.309 e. The summed E-state index contributed by atoms with van der Waals surface area (Å²) >= 11 is 0. The van der Waals surface area contributed by atoms with Crippen molar-refractivity contribution in [1.82, 2.24) is 8.97 Å². The molecule has 3 aromatic heterocycles. The van der Waals surface area contributed by atoms with Crippen LogP contribution in [0.25, 0.3) is 65.6 Å². The minimum atomic E-state index is -0.0583. The molecule has 4 heteroatoms. The summed E-state index contributed by atoms with van der Waals surface area (Å²) in [6, 6.07) is 35.6. The molecule has 0 N–H and O–H groups in total. The van der Waals surface area contributed by atoms with E-state index in [-0.39, 0.29) is 10.9 Å². The van der Waals surface area contributed by atoms with Gasteiger partial charge in [-0.25, -0.2) is 0 Å². The van der Waals surface area contributed by atoms with E-state index in [1.54, 1.807) is 0 Å². The fourth-order valence-corrected chi connectivity index (χ4v) is 5.97. The highest BCUT2D eigenvalue weighted by molar-refractivity contribution is 6.26. The van der Waals surface area contributed by atoms with Crippen LogP contribution in [0.3, 0.4) is 0 Å². The van der Waals surface area contributed by atoms with Crippen molar-refractivity contribution < 1.29 is 0 Å². The standard InChI is InChI=1S/C32H18N2O2/c35-31-21-13-5-8-16-25(21)34-26-17-9-6-14-22(26)32(36)29-28-20-12-4-7-15-24(20)33(19-10-2-1-3-11-19)27(28)18-23(31)30(29)34/h1-18H. The van der Waals surface area contributed by atoms with Crippen LogP contribution in [-0.2, 0) is 0 Å². The maximum atomic E-state index is 14.2. The fourth-order valence-electron chi connectivity index (χ4n) is 5.97. The van der Waals surface area contributed by atoms with E-state index >= 15 is 0 Å². The molecule has 5 aromatic carbocycles. The molecule has 8 rings (SSSR count). The third-order valence-corrected chi connectivity index (χ3v) is 7.42. The van der Waals surface area contributed by atoms with Gasteiger partial charge in [0.05, 0.1) is 33.0 Å². The van der Waals surface area contributed by atoms with Crippen molar-refractivity contribution in [2.75, 3.05) is 0 Å². The van der Waals surface area contributed by atoms with Gasteiger partial charge in [0.2, 0.25) is 0 Å². The fraction of sp³-hybridized carbons (Fsp3) is 0. The van der Waals surface area contributed by atoms with Crippen LogP contribution in [-0.4, -0.2) is 8.97 Å². The molecule has 0 aliphatic carbocycles. The van der Waals surface area contributed by atoms with E-state index in [4.69, 9.17) is 0 Å². The summed E-state index contributed by atoms with van der Waals surface area (Å²) in [5.41, 5.74) is 5.04. The smallest absolute Gasteiger partial charge is 0.197 e. The number of fused-ring (bicyclic) bond motifs is 8. The number of pyridine rings is 2. The Hall–Kier alpha value is -4.96. The topological polar surface area (TPSA) is 43.5 Å². The van der Waals surface area contributed by atoms with Gasteiger partial charge < -0.3 is 8.97 Å². The molecule has 4 nitrogen and oxygen atoms in total. The minimum absolute atomic E-state index is 0.0492. The third-order valence-electron chi connectivity index (χ3n) is 7.42. The van der Waals surface area contributed by atoms with E-state index in [0.29, 0.717) is 27.1 Å². The zero-order valence-corrected chi connectivity index (χ0v) is 19.1. The SMILES string of the molecule is O=c1c2ccccc2n2c3ccccc3c(=O)c3c4c5ccccc5n(-c5ccccc5)c4cc1c32. The molecule has 0 aliphatic heterocycles. The second-order valence-corrected chi connectivity index (χ2v) is 9.26. The van der Waals surface area contributed by atoms with Gasteiger partial charge in [-0.2, -0.15) is 0 Å². The van der Waals surface area contributed by atoms with E-state index in [1.165, 1.54) is 0 Å². The van der Waals surface area contributed by atoms with E-state index in [1.807, 2.05) is 84.9 Å². The average Bonchev–Trinajstić information content (AvgIpc) is 3.27. The van der Waals surface area contributed by atoms with Crippen molar-refractivity contribution in [3.8, 4) is 5.69 Å². The first-order chi connectivity index (χ1) is 17.7. The lowest BCUT2D eigenvalue weighted by Gasteiger charge is -2.16. The van der Waals surface area contributed by atoms with Gasteiger partial charge in [-0.05, 0) is 48.5 Å². The number of aromatic nitrogens is 2. The van der Waals surface area contributed by atoms with Crippen LogP contribution in [0.2, 0.25) is 0 Å². The molecule has 3 heterocycles. The van der Waals surface area contributed by atoms with Gasteiger partial charge in [0.25, 0.3) is 0 Å². The summed E-state index contributed by atoms with van der Waals surface area (Å²) in [4.78, 5) is 28.1. The van der Waals surface area contributed by atoms with Crippen molar-refractivity contribution in [1.29, 1.82) is 0 Å². The van der Waals surface area contributed by atoms with E-state index in [9.17, 15) is 9.59 Å². The summed E-state index contributed by atoms with van der Waals surface area (Å²) < 4.78 is 4.26. The molecule has 0 spiro atoms. The van der Waals surface area contributed by atoms with Crippen molar-refractivity contribution in [2.45, 2.75) is 0 Å². The quantitative estimate of drug-likeness (QED) is 0.202. The van der Waals surface area contributed by atoms with Crippen LogP contribution in [0.4, 0.5) is 0 Å². The second-order valence-electron chi connectivity index (χ2n) is 9.26. The first-order valence-corrected chi connectivity index (χ1v) is 12.0. The predicted molar refractivity (Wildman–Crippen MR) is 148 cm³/mol. The summed E-state index contributed by atoms with van der Waals surface area (Å²) in [6.07, 6.45) is 0. The van der Waals surface area contributed by atoms with Crippen LogP contribution in [0.5, 0.6) is 0 Å². The van der Waals surface area contributed by atoms with Gasteiger partial charge in [-0.3, -0.25) is 9.59 Å². The molecule has 0 amide bonds. The molecule has 0 saturated carbocycles. The molecule has 0 fully saturated rings. The van der Waals surface area contributed by atoms with Crippen molar-refractivity contribution in [3.63, 3.8) is 0 Å². The maximum Gasteiger partial charge on any atom is 0.197 e. The average molecular weight is 463 g/mol. The molecule has 0 aliphatic rings. The third kappa shape index (κ3) is 2.28. The molecule has 36 heavy (non-hydrogen) atoms. The lowest BCUT2D eigenvalue weighted by molar-refractivity contribution is 1.18. The van der Waals surface area contributed by atoms with Crippen LogP contribution in [0.1, 0.15) is 0 Å². The van der Waals surface area contributed by atoms with Gasteiger partial charge in [-0.1, -0.05) is 60.7 Å². The van der Waals surface area contributed by atoms with Crippen molar-refractivity contribution in [2.24, 2.45) is 0 Å². The molecule has 0 saturated heterocycles. The minimum Gasteiger partial charge on any atom is -0.309 e. The van der Waals surface area contributed by atoms with Crippen LogP contribution < -0.4 is 10.9 Å². The molecule has 0 unspecified atom stereocenters. The zero-order chi connectivity index (χ0) is 24.0. The lowest BCUT2D eigenvalue weighted by Crippen LogP contribution is -2.14. The zero-order valence-electron chi connectivity index (χ0n) is 19.1. The number of para-hydroxylation sites is 4. The highest BCUT2D eigenvalue weighted by atomic mass is 16.1. The van der Waals surface area contributed by atoms with Crippen molar-refractivity contribution in [3.05, 3.63) is 130 Å². The highest BCUT2D eigenvalue weighted by Crippen LogP contribution is 2.38. The highest BCUT2D eigenvalue weighted by Gasteiger charge is 2.23. The summed E-state index contributed by atoms with van der Waals surface area (Å²) in [7, 11) is 0. The molecule has 168 valence electrons. The van der Waals surface area contributed by atoms with Crippen LogP contribution >= 0.6 is 0 Å². The number of nitrogens with zero attached hydrogens (tertiary/aromatic N) is 2. The Bertz CT molecular complexity index is 2280. The van der Waals surface area contributed by atoms with Gasteiger partial charge in [0.1, 0.15) is 0 Å². The molecule has 0 atom stereocenters. The predicted octanol–water partition coefficient (Wildman–Crippen LogP) is 6.65. The molecular weight excluding hydrogens is 444 g/mol. The molecule has 8 aromatic rings.